The van der Waals surface area contributed by atoms with Gasteiger partial charge in [-0.25, -0.2) is 4.98 Å². The molecule has 94 valence electrons. The number of pyridine rings is 1. The van der Waals surface area contributed by atoms with E-state index in [2.05, 4.69) is 4.98 Å². The van der Waals surface area contributed by atoms with Gasteiger partial charge in [0.05, 0.1) is 19.1 Å². The van der Waals surface area contributed by atoms with Crippen LogP contribution >= 0.6 is 0 Å². The maximum absolute atomic E-state index is 10.7. The van der Waals surface area contributed by atoms with Gasteiger partial charge in [-0.05, 0) is 12.1 Å². The minimum absolute atomic E-state index is 0.00725. The molecule has 0 bridgehead atoms. The van der Waals surface area contributed by atoms with Gasteiger partial charge in [0.2, 0.25) is 0 Å². The van der Waals surface area contributed by atoms with Crippen LogP contribution in [0.2, 0.25) is 0 Å². The van der Waals surface area contributed by atoms with Crippen LogP contribution in [0.25, 0.3) is 0 Å². The summed E-state index contributed by atoms with van der Waals surface area (Å²) >= 11 is 0. The predicted molar refractivity (Wildman–Crippen MR) is 63.2 cm³/mol. The van der Waals surface area contributed by atoms with Crippen LogP contribution in [0.15, 0.2) is 18.3 Å². The molecule has 0 aromatic carbocycles. The number of aromatic nitrogens is 1. The maximum atomic E-state index is 10.7. The predicted octanol–water partition coefficient (Wildman–Crippen LogP) is 0.633. The van der Waals surface area contributed by atoms with E-state index in [9.17, 15) is 4.79 Å². The Labute approximate surface area is 104 Å². The number of hydrogen-bond acceptors (Lipinski definition) is 5. The standard InChI is InChI=1S/C12H13N3O3/c13-7-9-5-10(1-2-14-9)15-3-4-18-11(8-15)6-12(16)17/h1-2,5,11H,3-4,6,8H2,(H,16,17). The smallest absolute Gasteiger partial charge is 0.306 e. The number of aliphatic carboxylic acids is 1. The lowest BCUT2D eigenvalue weighted by Gasteiger charge is -2.33. The molecule has 0 spiro atoms. The van der Waals surface area contributed by atoms with Gasteiger partial charge in [0, 0.05) is 25.0 Å². The van der Waals surface area contributed by atoms with Crippen molar-refractivity contribution in [1.29, 1.82) is 5.26 Å². The van der Waals surface area contributed by atoms with Crippen molar-refractivity contribution in [2.75, 3.05) is 24.6 Å². The topological polar surface area (TPSA) is 86.5 Å². The second-order valence-corrected chi connectivity index (χ2v) is 4.05. The van der Waals surface area contributed by atoms with Gasteiger partial charge in [-0.1, -0.05) is 0 Å². The minimum atomic E-state index is -0.866. The number of hydrogen-bond donors (Lipinski definition) is 1. The molecular formula is C12H13N3O3. The molecule has 1 fully saturated rings. The van der Waals surface area contributed by atoms with E-state index in [4.69, 9.17) is 15.1 Å². The molecule has 2 heterocycles. The molecule has 1 aliphatic rings. The Hall–Kier alpha value is -2.13. The van der Waals surface area contributed by atoms with E-state index in [-0.39, 0.29) is 12.5 Å². The normalized spacial score (nSPS) is 19.3. The Bertz CT molecular complexity index is 484. The average Bonchev–Trinajstić information content (AvgIpc) is 2.38. The molecule has 1 aliphatic heterocycles. The van der Waals surface area contributed by atoms with Crippen LogP contribution in [0.1, 0.15) is 12.1 Å². The number of carboxylic acid groups (broad SMARTS) is 1. The van der Waals surface area contributed by atoms with Crippen LogP contribution in [-0.4, -0.2) is 41.9 Å². The van der Waals surface area contributed by atoms with Gasteiger partial charge < -0.3 is 14.7 Å². The lowest BCUT2D eigenvalue weighted by molar-refractivity contribution is -0.140. The van der Waals surface area contributed by atoms with E-state index in [1.165, 1.54) is 0 Å². The van der Waals surface area contributed by atoms with Crippen LogP contribution in [0.3, 0.4) is 0 Å². The zero-order chi connectivity index (χ0) is 13.0. The van der Waals surface area contributed by atoms with Gasteiger partial charge in [-0.2, -0.15) is 5.26 Å². The van der Waals surface area contributed by atoms with Crippen molar-refractivity contribution in [1.82, 2.24) is 4.98 Å². The minimum Gasteiger partial charge on any atom is -0.481 e. The number of rotatable bonds is 3. The molecule has 18 heavy (non-hydrogen) atoms. The highest BCUT2D eigenvalue weighted by molar-refractivity contribution is 5.67. The first-order valence-corrected chi connectivity index (χ1v) is 5.63. The fourth-order valence-electron chi connectivity index (χ4n) is 1.95. The lowest BCUT2D eigenvalue weighted by atomic mass is 10.2. The third-order valence-corrected chi connectivity index (χ3v) is 2.76. The molecule has 1 N–H and O–H groups in total. The first kappa shape index (κ1) is 12.3. The number of nitrogens with zero attached hydrogens (tertiary/aromatic N) is 3. The Kier molecular flexibility index (Phi) is 3.75. The average molecular weight is 247 g/mol. The Morgan fingerprint density at radius 3 is 3.28 bits per heavy atom. The zero-order valence-electron chi connectivity index (χ0n) is 9.74. The second kappa shape index (κ2) is 5.47. The second-order valence-electron chi connectivity index (χ2n) is 4.05. The van der Waals surface area contributed by atoms with Gasteiger partial charge in [0.1, 0.15) is 11.8 Å². The van der Waals surface area contributed by atoms with E-state index in [0.29, 0.717) is 25.4 Å². The Balaban J connectivity index is 2.08. The quantitative estimate of drug-likeness (QED) is 0.843. The third-order valence-electron chi connectivity index (χ3n) is 2.76. The molecule has 0 radical (unpaired) electrons. The molecule has 0 amide bonds. The summed E-state index contributed by atoms with van der Waals surface area (Å²) in [6.45, 7) is 1.69. The lowest BCUT2D eigenvalue weighted by Crippen LogP contribution is -2.43. The number of morpholine rings is 1. The van der Waals surface area contributed by atoms with Crippen molar-refractivity contribution < 1.29 is 14.6 Å². The van der Waals surface area contributed by atoms with E-state index < -0.39 is 5.97 Å². The van der Waals surface area contributed by atoms with Crippen LogP contribution < -0.4 is 4.90 Å². The summed E-state index contributed by atoms with van der Waals surface area (Å²) < 4.78 is 5.39. The van der Waals surface area contributed by atoms with Crippen molar-refractivity contribution >= 4 is 11.7 Å². The summed E-state index contributed by atoms with van der Waals surface area (Å²) in [6.07, 6.45) is 1.26. The number of ether oxygens (including phenoxy) is 1. The maximum Gasteiger partial charge on any atom is 0.306 e. The highest BCUT2D eigenvalue weighted by atomic mass is 16.5. The molecular weight excluding hydrogens is 234 g/mol. The van der Waals surface area contributed by atoms with Gasteiger partial charge in [-0.15, -0.1) is 0 Å². The van der Waals surface area contributed by atoms with E-state index in [1.54, 1.807) is 12.3 Å². The monoisotopic (exact) mass is 247 g/mol. The van der Waals surface area contributed by atoms with Crippen molar-refractivity contribution in [3.8, 4) is 6.07 Å². The number of anilines is 1. The van der Waals surface area contributed by atoms with Crippen LogP contribution in [0.4, 0.5) is 5.69 Å². The van der Waals surface area contributed by atoms with Crippen molar-refractivity contribution in [3.63, 3.8) is 0 Å². The van der Waals surface area contributed by atoms with E-state index >= 15 is 0 Å². The highest BCUT2D eigenvalue weighted by Gasteiger charge is 2.23. The molecule has 2 rings (SSSR count). The largest absolute Gasteiger partial charge is 0.481 e. The Morgan fingerprint density at radius 2 is 2.56 bits per heavy atom. The molecule has 1 atom stereocenters. The van der Waals surface area contributed by atoms with Crippen LogP contribution in [-0.2, 0) is 9.53 Å². The molecule has 0 aliphatic carbocycles. The fraction of sp³-hybridized carbons (Fsp3) is 0.417. The number of carboxylic acids is 1. The summed E-state index contributed by atoms with van der Waals surface area (Å²) in [5.41, 5.74) is 1.23. The SMILES string of the molecule is N#Cc1cc(N2CCOC(CC(=O)O)C2)ccn1. The van der Waals surface area contributed by atoms with Gasteiger partial charge in [0.15, 0.2) is 0 Å². The molecule has 1 aromatic rings. The van der Waals surface area contributed by atoms with Gasteiger partial charge >= 0.3 is 5.97 Å². The number of carbonyl (C=O) groups is 1. The van der Waals surface area contributed by atoms with Crippen LogP contribution in [0.5, 0.6) is 0 Å². The summed E-state index contributed by atoms with van der Waals surface area (Å²) in [4.78, 5) is 16.6. The highest BCUT2D eigenvalue weighted by Crippen LogP contribution is 2.19. The van der Waals surface area contributed by atoms with E-state index in [0.717, 1.165) is 5.69 Å². The fourth-order valence-corrected chi connectivity index (χ4v) is 1.95. The van der Waals surface area contributed by atoms with Crippen molar-refractivity contribution in [2.45, 2.75) is 12.5 Å². The number of nitriles is 1. The summed E-state index contributed by atoms with van der Waals surface area (Å²) in [5, 5.41) is 17.6. The summed E-state index contributed by atoms with van der Waals surface area (Å²) in [5.74, 6) is -0.866. The summed E-state index contributed by atoms with van der Waals surface area (Å²) in [6, 6.07) is 5.49. The first-order chi connectivity index (χ1) is 8.69. The molecule has 6 heteroatoms. The molecule has 1 saturated heterocycles. The molecule has 6 nitrogen and oxygen atoms in total. The molecule has 1 aromatic heterocycles. The third kappa shape index (κ3) is 2.96. The van der Waals surface area contributed by atoms with Gasteiger partial charge in [-0.3, -0.25) is 4.79 Å². The van der Waals surface area contributed by atoms with Gasteiger partial charge in [0.25, 0.3) is 0 Å². The van der Waals surface area contributed by atoms with E-state index in [1.807, 2.05) is 17.0 Å². The van der Waals surface area contributed by atoms with Crippen LogP contribution in [0, 0.1) is 11.3 Å². The first-order valence-electron chi connectivity index (χ1n) is 5.63. The summed E-state index contributed by atoms with van der Waals surface area (Å²) in [7, 11) is 0. The molecule has 0 saturated carbocycles. The zero-order valence-corrected chi connectivity index (χ0v) is 9.74. The van der Waals surface area contributed by atoms with Crippen molar-refractivity contribution in [2.24, 2.45) is 0 Å². The van der Waals surface area contributed by atoms with Crippen molar-refractivity contribution in [3.05, 3.63) is 24.0 Å². The Morgan fingerprint density at radius 1 is 1.72 bits per heavy atom. The molecule has 1 unspecified atom stereocenters.